The molecule has 0 spiro atoms. The van der Waals surface area contributed by atoms with Crippen LogP contribution in [-0.4, -0.2) is 29.2 Å². The number of carbonyl (C=O) groups excluding carboxylic acids is 3. The minimum Gasteiger partial charge on any atom is -0.453 e. The molecule has 1 aromatic heterocycles. The number of nitrogens with one attached hydrogen (secondary N) is 1. The van der Waals surface area contributed by atoms with Gasteiger partial charge in [-0.25, -0.2) is 4.79 Å². The Labute approximate surface area is 172 Å². The highest BCUT2D eigenvalue weighted by Gasteiger charge is 2.25. The number of thiophene rings is 1. The first-order chi connectivity index (χ1) is 13.5. The van der Waals surface area contributed by atoms with Crippen molar-refractivity contribution in [2.75, 3.05) is 6.61 Å². The van der Waals surface area contributed by atoms with Crippen molar-refractivity contribution in [1.29, 1.82) is 0 Å². The van der Waals surface area contributed by atoms with Gasteiger partial charge in [-0.05, 0) is 24.6 Å². The van der Waals surface area contributed by atoms with Gasteiger partial charge in [0, 0.05) is 16.4 Å². The van der Waals surface area contributed by atoms with E-state index in [1.54, 1.807) is 45.9 Å². The lowest BCUT2D eigenvalue weighted by atomic mass is 9.96. The highest BCUT2D eigenvalue weighted by molar-refractivity contribution is 7.14. The lowest BCUT2D eigenvalue weighted by Gasteiger charge is -2.17. The van der Waals surface area contributed by atoms with Crippen molar-refractivity contribution in [3.63, 3.8) is 0 Å². The van der Waals surface area contributed by atoms with Crippen LogP contribution < -0.4 is 5.32 Å². The summed E-state index contributed by atoms with van der Waals surface area (Å²) in [6, 6.07) is 7.55. The van der Waals surface area contributed by atoms with E-state index in [9.17, 15) is 24.5 Å². The van der Waals surface area contributed by atoms with Gasteiger partial charge in [0.2, 0.25) is 11.7 Å². The molecular weight excluding hydrogens is 396 g/mol. The Balaban J connectivity index is 1.99. The van der Waals surface area contributed by atoms with Gasteiger partial charge < -0.3 is 10.1 Å². The summed E-state index contributed by atoms with van der Waals surface area (Å²) in [7, 11) is 0. The Morgan fingerprint density at radius 2 is 1.86 bits per heavy atom. The molecule has 1 heterocycles. The summed E-state index contributed by atoms with van der Waals surface area (Å²) in [5.74, 6) is -1.45. The zero-order chi connectivity index (χ0) is 21.8. The number of nitrogens with zero attached hydrogens (tertiary/aromatic N) is 1. The van der Waals surface area contributed by atoms with E-state index in [-0.39, 0.29) is 17.2 Å². The van der Waals surface area contributed by atoms with Gasteiger partial charge in [0.1, 0.15) is 5.56 Å². The average molecular weight is 418 g/mol. The monoisotopic (exact) mass is 418 g/mol. The molecule has 0 bridgehead atoms. The van der Waals surface area contributed by atoms with Crippen molar-refractivity contribution in [3.05, 3.63) is 61.3 Å². The molecule has 29 heavy (non-hydrogen) atoms. The minimum atomic E-state index is -0.919. The first-order valence-corrected chi connectivity index (χ1v) is 9.63. The van der Waals surface area contributed by atoms with E-state index < -0.39 is 28.7 Å². The number of ether oxygens (including phenoxy) is 1. The maximum absolute atomic E-state index is 12.3. The topological polar surface area (TPSA) is 116 Å². The molecule has 1 amide bonds. The number of ketones is 1. The molecule has 0 fully saturated rings. The predicted octanol–water partition coefficient (Wildman–Crippen LogP) is 3.67. The lowest BCUT2D eigenvalue weighted by molar-refractivity contribution is -0.385. The summed E-state index contributed by atoms with van der Waals surface area (Å²) in [4.78, 5) is 48.1. The van der Waals surface area contributed by atoms with Crippen LogP contribution in [0.4, 0.5) is 5.69 Å². The number of esters is 1. The number of benzene rings is 1. The fraction of sp³-hybridized carbons (Fsp3) is 0.350. The van der Waals surface area contributed by atoms with Crippen LogP contribution >= 0.6 is 11.3 Å². The molecule has 0 radical (unpaired) electrons. The van der Waals surface area contributed by atoms with Gasteiger partial charge >= 0.3 is 5.97 Å². The quantitative estimate of drug-likeness (QED) is 0.317. The maximum atomic E-state index is 12.3. The molecule has 0 saturated carbocycles. The van der Waals surface area contributed by atoms with Crippen molar-refractivity contribution in [3.8, 4) is 0 Å². The van der Waals surface area contributed by atoms with Crippen LogP contribution in [0.1, 0.15) is 51.2 Å². The molecule has 9 heteroatoms. The number of hydrogen-bond donors (Lipinski definition) is 1. The summed E-state index contributed by atoms with van der Waals surface area (Å²) in [6.45, 7) is 6.74. The van der Waals surface area contributed by atoms with Gasteiger partial charge in [-0.1, -0.05) is 32.9 Å². The molecule has 0 atom stereocenters. The summed E-state index contributed by atoms with van der Waals surface area (Å²) in [5.41, 5.74) is -0.649. The Hall–Kier alpha value is -3.07. The van der Waals surface area contributed by atoms with Crippen molar-refractivity contribution in [2.45, 2.75) is 34.2 Å². The van der Waals surface area contributed by atoms with E-state index in [1.807, 2.05) is 0 Å². The molecule has 154 valence electrons. The Morgan fingerprint density at radius 1 is 1.17 bits per heavy atom. The molecule has 0 aliphatic rings. The molecular formula is C20H22N2O6S. The first kappa shape index (κ1) is 22.2. The Morgan fingerprint density at radius 3 is 2.48 bits per heavy atom. The smallest absolute Gasteiger partial charge is 0.345 e. The van der Waals surface area contributed by atoms with Gasteiger partial charge in [0.25, 0.3) is 5.69 Å². The van der Waals surface area contributed by atoms with Gasteiger partial charge in [0.15, 0.2) is 6.61 Å². The van der Waals surface area contributed by atoms with Crippen LogP contribution in [0.2, 0.25) is 0 Å². The molecule has 8 nitrogen and oxygen atoms in total. The van der Waals surface area contributed by atoms with Crippen LogP contribution in [-0.2, 0) is 16.1 Å². The van der Waals surface area contributed by atoms with E-state index in [0.717, 1.165) is 4.88 Å². The average Bonchev–Trinajstić information content (AvgIpc) is 3.11. The second kappa shape index (κ2) is 8.95. The van der Waals surface area contributed by atoms with Gasteiger partial charge in [0.05, 0.1) is 16.3 Å². The third-order valence-electron chi connectivity index (χ3n) is 4.03. The third-order valence-corrected chi connectivity index (χ3v) is 5.15. The highest BCUT2D eigenvalue weighted by atomic mass is 32.1. The van der Waals surface area contributed by atoms with E-state index in [0.29, 0.717) is 17.0 Å². The number of nitro benzene ring substituents is 1. The molecule has 0 unspecified atom stereocenters. The largest absolute Gasteiger partial charge is 0.453 e. The van der Waals surface area contributed by atoms with Crippen molar-refractivity contribution in [2.24, 2.45) is 5.41 Å². The zero-order valence-electron chi connectivity index (χ0n) is 16.6. The number of aryl methyl sites for hydroxylation is 1. The maximum Gasteiger partial charge on any atom is 0.345 e. The summed E-state index contributed by atoms with van der Waals surface area (Å²) >= 11 is 1.19. The van der Waals surface area contributed by atoms with Gasteiger partial charge in [-0.15, -0.1) is 11.3 Å². The number of Topliss-reactive ketones (excluding diaryl/α,β-unsaturated/α-hetero) is 1. The fourth-order valence-corrected chi connectivity index (χ4v) is 3.27. The van der Waals surface area contributed by atoms with Crippen LogP contribution in [0.25, 0.3) is 0 Å². The number of rotatable bonds is 7. The Kier molecular flexibility index (Phi) is 6.86. The second-order valence-electron chi connectivity index (χ2n) is 7.42. The standard InChI is InChI=1S/C20H22N2O6S/c1-12-6-5-7-14(22(26)27)17(12)18(24)28-11-15(23)16-9-8-13(29-16)10-21-19(25)20(2,3)4/h5-9H,10-11H2,1-4H3,(H,21,25). The van der Waals surface area contributed by atoms with Crippen LogP contribution in [0.15, 0.2) is 30.3 Å². The highest BCUT2D eigenvalue weighted by Crippen LogP contribution is 2.23. The van der Waals surface area contributed by atoms with E-state index in [1.165, 1.54) is 23.5 Å². The molecule has 1 aromatic carbocycles. The molecule has 0 aliphatic carbocycles. The van der Waals surface area contributed by atoms with Gasteiger partial charge in [-0.3, -0.25) is 19.7 Å². The van der Waals surface area contributed by atoms with Crippen LogP contribution in [0, 0.1) is 22.5 Å². The molecule has 0 saturated heterocycles. The summed E-state index contributed by atoms with van der Waals surface area (Å²) in [5, 5.41) is 13.9. The Bertz CT molecular complexity index is 958. The van der Waals surface area contributed by atoms with E-state index in [4.69, 9.17) is 4.74 Å². The predicted molar refractivity (Wildman–Crippen MR) is 108 cm³/mol. The second-order valence-corrected chi connectivity index (χ2v) is 8.59. The lowest BCUT2D eigenvalue weighted by Crippen LogP contribution is -2.34. The van der Waals surface area contributed by atoms with Crippen LogP contribution in [0.5, 0.6) is 0 Å². The normalized spacial score (nSPS) is 11.0. The van der Waals surface area contributed by atoms with Gasteiger partial charge in [-0.2, -0.15) is 0 Å². The van der Waals surface area contributed by atoms with E-state index in [2.05, 4.69) is 5.32 Å². The molecule has 0 aliphatic heterocycles. The number of nitro groups is 1. The van der Waals surface area contributed by atoms with Crippen molar-refractivity contribution in [1.82, 2.24) is 5.32 Å². The molecule has 1 N–H and O–H groups in total. The summed E-state index contributed by atoms with van der Waals surface area (Å²) < 4.78 is 5.01. The number of carbonyl (C=O) groups is 3. The fourth-order valence-electron chi connectivity index (χ4n) is 2.40. The minimum absolute atomic E-state index is 0.104. The van der Waals surface area contributed by atoms with E-state index >= 15 is 0 Å². The SMILES string of the molecule is Cc1cccc([N+](=O)[O-])c1C(=O)OCC(=O)c1ccc(CNC(=O)C(C)(C)C)s1. The number of amides is 1. The van der Waals surface area contributed by atoms with Crippen molar-refractivity contribution < 1.29 is 24.0 Å². The third kappa shape index (κ3) is 5.71. The first-order valence-electron chi connectivity index (χ1n) is 8.82. The molecule has 2 aromatic rings. The van der Waals surface area contributed by atoms with Crippen molar-refractivity contribution >= 4 is 34.7 Å². The molecule has 2 rings (SSSR count). The summed E-state index contributed by atoms with van der Waals surface area (Å²) in [6.07, 6.45) is 0. The van der Waals surface area contributed by atoms with Crippen LogP contribution in [0.3, 0.4) is 0 Å². The number of hydrogen-bond acceptors (Lipinski definition) is 7. The zero-order valence-corrected chi connectivity index (χ0v) is 17.4.